The minimum absolute atomic E-state index is 0.0143. The molecule has 0 aliphatic carbocycles. The molecule has 0 aromatic rings. The van der Waals surface area contributed by atoms with E-state index in [4.69, 9.17) is 22.9 Å². The molecule has 2 saturated heterocycles. The number of carbonyl (C=O) groups excluding carboxylic acids is 13. The third-order valence-corrected chi connectivity index (χ3v) is 16.9. The number of nitrogens with two attached hydrogens (primary N) is 4. The van der Waals surface area contributed by atoms with Crippen LogP contribution in [0.15, 0.2) is 4.99 Å². The van der Waals surface area contributed by atoms with Crippen LogP contribution in [0.1, 0.15) is 160 Å². The summed E-state index contributed by atoms with van der Waals surface area (Å²) in [6.45, 7) is 19.6. The third kappa shape index (κ3) is 29.4. The summed E-state index contributed by atoms with van der Waals surface area (Å²) in [5.41, 5.74) is 22.4. The molecule has 20 N–H and O–H groups in total. The number of carbonyl (C=O) groups is 14. The summed E-state index contributed by atoms with van der Waals surface area (Å²) in [6, 6.07) is -15.0. The van der Waals surface area contributed by atoms with Crippen molar-refractivity contribution in [3.63, 3.8) is 0 Å². The predicted molar refractivity (Wildman–Crippen MR) is 362 cm³/mol. The quantitative estimate of drug-likeness (QED) is 0.0162. The second-order valence-corrected chi connectivity index (χ2v) is 27.9. The van der Waals surface area contributed by atoms with Crippen molar-refractivity contribution in [2.24, 2.45) is 57.5 Å². The van der Waals surface area contributed by atoms with Crippen molar-refractivity contribution in [1.29, 1.82) is 0 Å². The lowest BCUT2D eigenvalue weighted by Gasteiger charge is -2.32. The first-order chi connectivity index (χ1) is 45.3. The van der Waals surface area contributed by atoms with Gasteiger partial charge in [-0.25, -0.2) is 4.79 Å². The highest BCUT2D eigenvalue weighted by atomic mass is 32.2. The van der Waals surface area contributed by atoms with Gasteiger partial charge in [-0.2, -0.15) is 11.8 Å². The number of guanidine groups is 1. The number of aliphatic hydroxyl groups is 1. The summed E-state index contributed by atoms with van der Waals surface area (Å²) in [7, 11) is 0. The molecule has 2 rings (SSSR count). The lowest BCUT2D eigenvalue weighted by atomic mass is 9.98. The Morgan fingerprint density at radius 3 is 1.45 bits per heavy atom. The van der Waals surface area contributed by atoms with E-state index in [-0.39, 0.29) is 101 Å². The number of thioether (sulfide) groups is 1. The summed E-state index contributed by atoms with van der Waals surface area (Å²) < 4.78 is 0. The lowest BCUT2D eigenvalue weighted by molar-refractivity contribution is -0.149. The average molecular weight is 1390 g/mol. The zero-order chi connectivity index (χ0) is 73.7. The van der Waals surface area contributed by atoms with Gasteiger partial charge < -0.3 is 96.1 Å². The number of hydrogen-bond donors (Lipinski definition) is 16. The fourth-order valence-corrected chi connectivity index (χ4v) is 11.5. The van der Waals surface area contributed by atoms with Crippen molar-refractivity contribution in [2.45, 2.75) is 239 Å². The molecule has 33 nitrogen and oxygen atoms in total. The largest absolute Gasteiger partial charge is 0.480 e. The van der Waals surface area contributed by atoms with E-state index in [1.165, 1.54) is 35.4 Å². The van der Waals surface area contributed by atoms with Gasteiger partial charge in [0, 0.05) is 26.1 Å². The van der Waals surface area contributed by atoms with E-state index in [0.29, 0.717) is 18.6 Å². The Labute approximate surface area is 573 Å². The topological polar surface area (TPSA) is 523 Å². The number of aliphatic carboxylic acids is 1. The summed E-state index contributed by atoms with van der Waals surface area (Å²) >= 11 is 1.45. The number of carboxylic acid groups (broad SMARTS) is 1. The Morgan fingerprint density at radius 1 is 0.515 bits per heavy atom. The lowest BCUT2D eigenvalue weighted by Crippen LogP contribution is -2.61. The SMILES string of the molecule is CSCC[C@H](N)C(=O)N[C@H](C(=O)N[C@@H](CCCN=C(N)N)C(=O)N[C@H](C(=O)N[C@@H](CC(C)C)C(=O)N[C@@H](CCC(N)=O)C(=O)NCC(=O)N[C@H](C(=O)N[C@@H](CC(C)C)C(=O)N1CCC[C@H]1C(=O)N[C@@H](C)C(=O)N[C@@H](CC(C)C)C(=O)N1CCC[C@H]1C(=O)O)C(C)C)C(C)C)[C@@H](C)O. The maximum Gasteiger partial charge on any atom is 0.326 e. The minimum Gasteiger partial charge on any atom is -0.480 e. The van der Waals surface area contributed by atoms with Crippen LogP contribution in [0.3, 0.4) is 0 Å². The molecule has 2 fully saturated rings. The number of rotatable bonds is 42. The first-order valence-corrected chi connectivity index (χ1v) is 34.8. The van der Waals surface area contributed by atoms with Crippen LogP contribution >= 0.6 is 11.8 Å². The molecule has 550 valence electrons. The molecule has 0 aromatic heterocycles. The van der Waals surface area contributed by atoms with Crippen LogP contribution in [0.2, 0.25) is 0 Å². The molecule has 0 saturated carbocycles. The Bertz CT molecular complexity index is 2750. The molecular formula is C63H111N17O16S. The number of nitrogens with zero attached hydrogens (tertiary/aromatic N) is 3. The fourth-order valence-electron chi connectivity index (χ4n) is 11.0. The normalized spacial score (nSPS) is 18.0. The van der Waals surface area contributed by atoms with Gasteiger partial charge in [-0.05, 0) is 126 Å². The Balaban J connectivity index is 2.28. The number of aliphatic hydroxyl groups excluding tert-OH is 1. The van der Waals surface area contributed by atoms with Crippen LogP contribution in [0.25, 0.3) is 0 Å². The fraction of sp³-hybridized carbons (Fsp3) is 0.762. The van der Waals surface area contributed by atoms with Gasteiger partial charge in [-0.15, -0.1) is 0 Å². The minimum atomic E-state index is -1.55. The number of nitrogens with one attached hydrogen (secondary N) is 10. The second kappa shape index (κ2) is 42.0. The molecule has 0 spiro atoms. The van der Waals surface area contributed by atoms with Gasteiger partial charge in [0.1, 0.15) is 66.5 Å². The average Bonchev–Trinajstić information content (AvgIpc) is 1.76. The highest BCUT2D eigenvalue weighted by molar-refractivity contribution is 7.98. The molecule has 34 heteroatoms. The van der Waals surface area contributed by atoms with Gasteiger partial charge in [0.15, 0.2) is 5.96 Å². The molecule has 0 unspecified atom stereocenters. The molecule has 13 atom stereocenters. The van der Waals surface area contributed by atoms with Gasteiger partial charge in [-0.1, -0.05) is 69.2 Å². The molecule has 2 aliphatic heterocycles. The van der Waals surface area contributed by atoms with Crippen LogP contribution < -0.4 is 76.1 Å². The zero-order valence-electron chi connectivity index (χ0n) is 58.6. The molecule has 0 radical (unpaired) electrons. The van der Waals surface area contributed by atoms with Crippen molar-refractivity contribution in [1.82, 2.24) is 63.0 Å². The van der Waals surface area contributed by atoms with Gasteiger partial charge >= 0.3 is 5.97 Å². The van der Waals surface area contributed by atoms with E-state index < -0.39 is 186 Å². The third-order valence-electron chi connectivity index (χ3n) is 16.3. The van der Waals surface area contributed by atoms with Gasteiger partial charge in [0.2, 0.25) is 76.8 Å². The van der Waals surface area contributed by atoms with Crippen molar-refractivity contribution in [3.8, 4) is 0 Å². The number of hydrogen-bond acceptors (Lipinski definition) is 18. The Morgan fingerprint density at radius 2 is 0.959 bits per heavy atom. The van der Waals surface area contributed by atoms with Crippen LogP contribution in [0, 0.1) is 29.6 Å². The standard InChI is InChI=1S/C63H111N17O16S/c1-31(2)27-41(73-58(91)49(35(9)10)77-54(87)39(17-14-23-68-63(66)67)72-59(92)50(37(12)81)78-52(85)38(64)22-26-97-13)55(88)71-40(20-21-46(65)82)53(86)69-30-47(83)76-48(34(7)8)57(90)75-43(29-33(5)6)60(93)79-24-15-18-44(79)56(89)70-36(11)51(84)74-42(28-32(3)4)61(94)80-25-16-19-45(80)62(95)96/h31-45,48-50,81H,14-30,64H2,1-13H3,(H2,65,82)(H,69,86)(H,70,89)(H,71,88)(H,72,92)(H,73,91)(H,74,84)(H,75,90)(H,76,83)(H,77,87)(H,78,85)(H,95,96)(H4,66,67,68)/t36-,37+,38-,39-,40-,41-,42-,43-,44-,45-,48-,49-,50-/m0/s1. The van der Waals surface area contributed by atoms with E-state index in [2.05, 4.69) is 58.2 Å². The molecule has 2 aliphatic rings. The van der Waals surface area contributed by atoms with Crippen molar-refractivity contribution < 1.29 is 77.3 Å². The molecule has 0 bridgehead atoms. The Kier molecular flexibility index (Phi) is 36.9. The molecule has 13 amide bonds. The number of amides is 13. The maximum atomic E-state index is 14.4. The van der Waals surface area contributed by atoms with Crippen LogP contribution in [-0.4, -0.2) is 226 Å². The Hall–Kier alpha value is -7.88. The molecule has 2 heterocycles. The van der Waals surface area contributed by atoms with E-state index >= 15 is 0 Å². The van der Waals surface area contributed by atoms with E-state index in [0.717, 1.165) is 0 Å². The van der Waals surface area contributed by atoms with Crippen LogP contribution in [-0.2, 0) is 67.1 Å². The second-order valence-electron chi connectivity index (χ2n) is 26.9. The van der Waals surface area contributed by atoms with Crippen LogP contribution in [0.4, 0.5) is 0 Å². The van der Waals surface area contributed by atoms with Gasteiger partial charge in [-0.3, -0.25) is 67.3 Å². The van der Waals surface area contributed by atoms with Crippen molar-refractivity contribution in [3.05, 3.63) is 0 Å². The summed E-state index contributed by atoms with van der Waals surface area (Å²) in [4.78, 5) is 197. The monoisotopic (exact) mass is 1390 g/mol. The van der Waals surface area contributed by atoms with Crippen molar-refractivity contribution in [2.75, 3.05) is 38.2 Å². The summed E-state index contributed by atoms with van der Waals surface area (Å²) in [5.74, 6) is -12.8. The van der Waals surface area contributed by atoms with E-state index in [1.807, 2.05) is 34.0 Å². The first kappa shape index (κ1) is 85.2. The number of likely N-dealkylation sites (tertiary alicyclic amines) is 2. The highest BCUT2D eigenvalue weighted by Crippen LogP contribution is 2.23. The molecular weight excluding hydrogens is 1280 g/mol. The van der Waals surface area contributed by atoms with E-state index in [1.54, 1.807) is 41.5 Å². The number of primary amides is 1. The number of aliphatic imine (C=N–C) groups is 1. The summed E-state index contributed by atoms with van der Waals surface area (Å²) in [6.07, 6.45) is 1.62. The first-order valence-electron chi connectivity index (χ1n) is 33.4. The van der Waals surface area contributed by atoms with Gasteiger partial charge in [0.25, 0.3) is 0 Å². The van der Waals surface area contributed by atoms with Crippen LogP contribution in [0.5, 0.6) is 0 Å². The number of carboxylic acids is 1. The highest BCUT2D eigenvalue weighted by Gasteiger charge is 2.42. The van der Waals surface area contributed by atoms with Crippen molar-refractivity contribution >= 4 is 100 Å². The summed E-state index contributed by atoms with van der Waals surface area (Å²) in [5, 5.41) is 46.2. The predicted octanol–water partition coefficient (Wildman–Crippen LogP) is -3.22. The van der Waals surface area contributed by atoms with E-state index in [9.17, 15) is 77.3 Å². The molecule has 0 aromatic carbocycles. The maximum absolute atomic E-state index is 14.4. The zero-order valence-corrected chi connectivity index (χ0v) is 59.4. The van der Waals surface area contributed by atoms with Gasteiger partial charge in [0.05, 0.1) is 18.7 Å². The molecule has 97 heavy (non-hydrogen) atoms. The smallest absolute Gasteiger partial charge is 0.326 e.